The molecular formula is C44H57BO2. The van der Waals surface area contributed by atoms with Gasteiger partial charge < -0.3 is 9.31 Å². The maximum Gasteiger partial charge on any atom is 0.468 e. The molecule has 2 unspecified atom stereocenters. The lowest BCUT2D eigenvalue weighted by Gasteiger charge is -2.34. The average molecular weight is 629 g/mol. The molecule has 2 atom stereocenters. The van der Waals surface area contributed by atoms with E-state index in [9.17, 15) is 0 Å². The number of fused-ring (bicyclic) bond motifs is 4. The van der Waals surface area contributed by atoms with Crippen LogP contribution in [0, 0.1) is 0 Å². The van der Waals surface area contributed by atoms with E-state index in [-0.39, 0.29) is 34.5 Å². The molecule has 1 aliphatic heterocycles. The lowest BCUT2D eigenvalue weighted by Crippen LogP contribution is -2.43. The van der Waals surface area contributed by atoms with Crippen molar-refractivity contribution in [3.05, 3.63) is 106 Å². The summed E-state index contributed by atoms with van der Waals surface area (Å²) in [5, 5.41) is 2.40. The summed E-state index contributed by atoms with van der Waals surface area (Å²) in [7, 11) is -0.292. The zero-order valence-electron chi connectivity index (χ0n) is 31.4. The minimum atomic E-state index is -0.357. The van der Waals surface area contributed by atoms with Crippen molar-refractivity contribution in [2.24, 2.45) is 0 Å². The molecule has 0 saturated carbocycles. The van der Waals surface area contributed by atoms with Gasteiger partial charge in [0.2, 0.25) is 0 Å². The van der Waals surface area contributed by atoms with Crippen LogP contribution in [0.3, 0.4) is 0 Å². The van der Waals surface area contributed by atoms with Gasteiger partial charge in [0.25, 0.3) is 0 Å². The summed E-state index contributed by atoms with van der Waals surface area (Å²) in [6, 6.07) is 28.5. The van der Waals surface area contributed by atoms with Crippen molar-refractivity contribution in [3.63, 3.8) is 0 Å². The Labute approximate surface area is 285 Å². The van der Waals surface area contributed by atoms with E-state index >= 15 is 0 Å². The summed E-state index contributed by atoms with van der Waals surface area (Å²) in [6.45, 7) is 29.8. The molecule has 1 saturated heterocycles. The van der Waals surface area contributed by atoms with Gasteiger partial charge in [-0.05, 0) is 107 Å². The van der Waals surface area contributed by atoms with Crippen LogP contribution in [0.15, 0.2) is 72.8 Å². The Kier molecular flexibility index (Phi) is 8.21. The first-order valence-electron chi connectivity index (χ1n) is 18.0. The van der Waals surface area contributed by atoms with Crippen molar-refractivity contribution in [1.82, 2.24) is 0 Å². The van der Waals surface area contributed by atoms with Crippen LogP contribution in [0.1, 0.15) is 148 Å². The molecular weight excluding hydrogens is 571 g/mol. The van der Waals surface area contributed by atoms with Gasteiger partial charge in [0, 0.05) is 10.7 Å². The Bertz CT molecular complexity index is 1810. The van der Waals surface area contributed by atoms with Crippen molar-refractivity contribution < 1.29 is 9.31 Å². The van der Waals surface area contributed by atoms with Crippen LogP contribution in [0.25, 0.3) is 21.9 Å². The fourth-order valence-electron chi connectivity index (χ4n) is 8.09. The minimum Gasteiger partial charge on any atom is -0.403 e. The lowest BCUT2D eigenvalue weighted by atomic mass is 9.52. The second kappa shape index (κ2) is 11.3. The Balaban J connectivity index is 1.33. The van der Waals surface area contributed by atoms with Crippen LogP contribution in [0.4, 0.5) is 0 Å². The van der Waals surface area contributed by atoms with Crippen LogP contribution < -0.4 is 0 Å². The molecule has 47 heavy (non-hydrogen) atoms. The van der Waals surface area contributed by atoms with Crippen LogP contribution in [0.2, 0.25) is 0 Å². The highest BCUT2D eigenvalue weighted by atomic mass is 16.7. The van der Waals surface area contributed by atoms with Crippen molar-refractivity contribution in [2.75, 3.05) is 0 Å². The largest absolute Gasteiger partial charge is 0.468 e. The number of rotatable bonds is 8. The highest BCUT2D eigenvalue weighted by Gasteiger charge is 2.58. The molecule has 0 amide bonds. The normalized spacial score (nSPS) is 19.9. The third kappa shape index (κ3) is 5.41. The summed E-state index contributed by atoms with van der Waals surface area (Å²) in [4.78, 5) is 0. The second-order valence-electron chi connectivity index (χ2n) is 17.4. The lowest BCUT2D eigenvalue weighted by molar-refractivity contribution is 0.00578. The molecule has 248 valence electrons. The van der Waals surface area contributed by atoms with Crippen molar-refractivity contribution >= 4 is 17.9 Å². The highest BCUT2D eigenvalue weighted by Crippen LogP contribution is 2.53. The Morgan fingerprint density at radius 2 is 1.17 bits per heavy atom. The van der Waals surface area contributed by atoms with Gasteiger partial charge in [0.1, 0.15) is 0 Å². The SMILES string of the molecule is CCCC(C)(B1OC(C)(C)C(C)(C)O1)c1ccc2c(c1)C(C)(C)c1cc(C(C)C(C)(C)c3ccc4cc(C(C)C)ccc4c3)ccc1-2. The van der Waals surface area contributed by atoms with E-state index in [1.807, 2.05) is 0 Å². The Hall–Kier alpha value is -2.88. The topological polar surface area (TPSA) is 18.5 Å². The van der Waals surface area contributed by atoms with E-state index in [1.54, 1.807) is 0 Å². The zero-order chi connectivity index (χ0) is 34.3. The van der Waals surface area contributed by atoms with Crippen LogP contribution in [-0.4, -0.2) is 18.3 Å². The summed E-state index contributed by atoms with van der Waals surface area (Å²) < 4.78 is 13.4. The molecule has 0 bridgehead atoms. The summed E-state index contributed by atoms with van der Waals surface area (Å²) in [5.41, 5.74) is 10.2. The quantitative estimate of drug-likeness (QED) is 0.181. The van der Waals surface area contributed by atoms with Crippen LogP contribution in [0.5, 0.6) is 0 Å². The number of hydrogen-bond donors (Lipinski definition) is 0. The predicted octanol–water partition coefficient (Wildman–Crippen LogP) is 12.0. The maximum atomic E-state index is 6.70. The molecule has 1 heterocycles. The summed E-state index contributed by atoms with van der Waals surface area (Å²) >= 11 is 0. The molecule has 4 aromatic carbocycles. The first kappa shape index (κ1) is 34.0. The van der Waals surface area contributed by atoms with Gasteiger partial charge in [0.05, 0.1) is 11.2 Å². The molecule has 1 fully saturated rings. The van der Waals surface area contributed by atoms with E-state index < -0.39 is 0 Å². The summed E-state index contributed by atoms with van der Waals surface area (Å²) in [6.07, 6.45) is 2.06. The van der Waals surface area contributed by atoms with Gasteiger partial charge in [-0.1, -0.05) is 142 Å². The second-order valence-corrected chi connectivity index (χ2v) is 17.4. The fraction of sp³-hybridized carbons (Fsp3) is 0.500. The monoisotopic (exact) mass is 628 g/mol. The third-order valence-corrected chi connectivity index (χ3v) is 12.8. The predicted molar refractivity (Wildman–Crippen MR) is 202 cm³/mol. The van der Waals surface area contributed by atoms with Gasteiger partial charge in [-0.25, -0.2) is 0 Å². The standard InChI is InChI=1S/C44H57BO2/c1-14-23-44(13,45-46-42(9,10)43(11,12)47-45)35-20-22-37-36-21-18-31(26-38(36)41(7,8)39(37)27-35)29(4)40(5,6)34-19-17-32-24-30(28(2)3)15-16-33(32)25-34/h15-22,24-29H,14,23H2,1-13H3. The average Bonchev–Trinajstić information content (AvgIpc) is 3.39. The van der Waals surface area contributed by atoms with Gasteiger partial charge >= 0.3 is 7.12 Å². The number of hydrogen-bond acceptors (Lipinski definition) is 2. The van der Waals surface area contributed by atoms with E-state index in [0.717, 1.165) is 12.8 Å². The number of benzene rings is 4. The fourth-order valence-corrected chi connectivity index (χ4v) is 8.09. The van der Waals surface area contributed by atoms with Gasteiger partial charge in [-0.15, -0.1) is 0 Å². The Morgan fingerprint density at radius 3 is 1.79 bits per heavy atom. The van der Waals surface area contributed by atoms with Crippen LogP contribution >= 0.6 is 0 Å². The first-order valence-corrected chi connectivity index (χ1v) is 18.0. The molecule has 3 heteroatoms. The van der Waals surface area contributed by atoms with Gasteiger partial charge in [0.15, 0.2) is 0 Å². The smallest absolute Gasteiger partial charge is 0.403 e. The van der Waals surface area contributed by atoms with E-state index in [4.69, 9.17) is 9.31 Å². The molecule has 0 radical (unpaired) electrons. The van der Waals surface area contributed by atoms with Crippen molar-refractivity contribution in [1.29, 1.82) is 0 Å². The van der Waals surface area contributed by atoms with Crippen LogP contribution in [-0.2, 0) is 25.5 Å². The molecule has 2 nitrogen and oxygen atoms in total. The molecule has 4 aromatic rings. The van der Waals surface area contributed by atoms with Gasteiger partial charge in [-0.3, -0.25) is 0 Å². The molecule has 0 N–H and O–H groups in total. The molecule has 0 aromatic heterocycles. The molecule has 0 spiro atoms. The molecule has 1 aliphatic carbocycles. The summed E-state index contributed by atoms with van der Waals surface area (Å²) in [5.74, 6) is 0.875. The van der Waals surface area contributed by atoms with E-state index in [2.05, 4.69) is 163 Å². The molecule has 2 aliphatic rings. The highest BCUT2D eigenvalue weighted by molar-refractivity contribution is 6.49. The first-order chi connectivity index (χ1) is 21.8. The third-order valence-electron chi connectivity index (χ3n) is 12.8. The minimum absolute atomic E-state index is 0.0350. The zero-order valence-corrected chi connectivity index (χ0v) is 31.4. The van der Waals surface area contributed by atoms with E-state index in [1.165, 1.54) is 55.3 Å². The molecule has 6 rings (SSSR count). The van der Waals surface area contributed by atoms with Crippen molar-refractivity contribution in [3.8, 4) is 11.1 Å². The Morgan fingerprint density at radius 1 is 0.638 bits per heavy atom. The van der Waals surface area contributed by atoms with E-state index in [0.29, 0.717) is 11.8 Å². The van der Waals surface area contributed by atoms with Gasteiger partial charge in [-0.2, -0.15) is 0 Å². The van der Waals surface area contributed by atoms with Crippen molar-refractivity contribution in [2.45, 2.75) is 142 Å². The maximum absolute atomic E-state index is 6.70.